The number of hydrogen-bond acceptors (Lipinski definition) is 9. The molecule has 2 N–H and O–H groups in total. The van der Waals surface area contributed by atoms with Crippen LogP contribution in [-0.2, 0) is 0 Å². The number of fused-ring (bicyclic) bond motifs is 1. The lowest BCUT2D eigenvalue weighted by atomic mass is 10.2. The summed E-state index contributed by atoms with van der Waals surface area (Å²) in [5, 5.41) is 18.4. The summed E-state index contributed by atoms with van der Waals surface area (Å²) in [6.07, 6.45) is 4.71. The lowest BCUT2D eigenvalue weighted by Crippen LogP contribution is -2.44. The standard InChI is InChI=1S/C27H34N8O2/c1-18(2)33-17-22(10-11-24(33)36)34-25-23(26(37)35(34)21-8-9-21)16-28-27(30-25)29-19-4-6-20(7-5-19)32-14-12-31(3)13-15-32/h4-7,10-11,16-18,21,26,37H,8-9,12-15H2,1-3H3,(H,28,29,30). The number of likely N-dealkylation sites (N-methyl/N-ethyl adjacent to an activating group) is 1. The highest BCUT2D eigenvalue weighted by Crippen LogP contribution is 2.47. The van der Waals surface area contributed by atoms with Crippen molar-refractivity contribution in [2.24, 2.45) is 0 Å². The van der Waals surface area contributed by atoms with Crippen LogP contribution in [0, 0.1) is 0 Å². The maximum Gasteiger partial charge on any atom is 0.250 e. The van der Waals surface area contributed by atoms with E-state index < -0.39 is 6.23 Å². The van der Waals surface area contributed by atoms with Gasteiger partial charge in [-0.25, -0.2) is 4.98 Å². The predicted octanol–water partition coefficient (Wildman–Crippen LogP) is 3.24. The molecule has 10 nitrogen and oxygen atoms in total. The Morgan fingerprint density at radius 2 is 1.70 bits per heavy atom. The van der Waals surface area contributed by atoms with Gasteiger partial charge >= 0.3 is 0 Å². The quantitative estimate of drug-likeness (QED) is 0.527. The molecule has 0 amide bonds. The van der Waals surface area contributed by atoms with Gasteiger partial charge in [-0.3, -0.25) is 9.80 Å². The second kappa shape index (κ2) is 9.44. The molecule has 1 atom stereocenters. The number of aromatic nitrogens is 3. The molecule has 37 heavy (non-hydrogen) atoms. The number of rotatable bonds is 6. The first-order valence-corrected chi connectivity index (χ1v) is 13.0. The molecular formula is C27H34N8O2. The number of aliphatic hydroxyl groups is 1. The molecule has 2 aromatic heterocycles. The SMILES string of the molecule is CC(C)n1cc(N2c3nc(Nc4ccc(N5CCN(C)CC5)cc4)ncc3C(O)N2C2CC2)ccc1=O. The minimum Gasteiger partial charge on any atom is -0.372 e. The summed E-state index contributed by atoms with van der Waals surface area (Å²) in [5.41, 5.74) is 3.50. The Morgan fingerprint density at radius 3 is 2.38 bits per heavy atom. The number of piperazine rings is 1. The summed E-state index contributed by atoms with van der Waals surface area (Å²) >= 11 is 0. The third-order valence-electron chi connectivity index (χ3n) is 7.39. The van der Waals surface area contributed by atoms with Gasteiger partial charge in [0, 0.05) is 68.1 Å². The van der Waals surface area contributed by atoms with Gasteiger partial charge in [-0.2, -0.15) is 9.99 Å². The van der Waals surface area contributed by atoms with Crippen molar-refractivity contribution in [1.29, 1.82) is 0 Å². The molecule has 1 saturated carbocycles. The van der Waals surface area contributed by atoms with Crippen LogP contribution in [0.4, 0.5) is 28.8 Å². The van der Waals surface area contributed by atoms with Crippen molar-refractivity contribution in [1.82, 2.24) is 24.4 Å². The van der Waals surface area contributed by atoms with Gasteiger partial charge in [0.2, 0.25) is 5.95 Å². The molecule has 1 aromatic carbocycles. The van der Waals surface area contributed by atoms with E-state index in [1.54, 1.807) is 22.9 Å². The van der Waals surface area contributed by atoms with Crippen molar-refractivity contribution < 1.29 is 5.11 Å². The van der Waals surface area contributed by atoms with Gasteiger partial charge in [-0.1, -0.05) is 0 Å². The maximum absolute atomic E-state index is 12.4. The third kappa shape index (κ3) is 4.56. The molecule has 3 aromatic rings. The number of hydrogen-bond donors (Lipinski definition) is 2. The Labute approximate surface area is 216 Å². The van der Waals surface area contributed by atoms with E-state index in [0.29, 0.717) is 17.3 Å². The van der Waals surface area contributed by atoms with Crippen LogP contribution in [0.25, 0.3) is 0 Å². The van der Waals surface area contributed by atoms with Crippen molar-refractivity contribution in [3.63, 3.8) is 0 Å². The van der Waals surface area contributed by atoms with Gasteiger partial charge in [0.1, 0.15) is 0 Å². The Balaban J connectivity index is 1.29. The van der Waals surface area contributed by atoms with Gasteiger partial charge in [0.25, 0.3) is 5.56 Å². The van der Waals surface area contributed by atoms with Crippen molar-refractivity contribution >= 4 is 28.8 Å². The normalized spacial score (nSPS) is 20.5. The highest BCUT2D eigenvalue weighted by atomic mass is 16.3. The topological polar surface area (TPSA) is 93.0 Å². The van der Waals surface area contributed by atoms with E-state index in [2.05, 4.69) is 39.3 Å². The average molecular weight is 503 g/mol. The highest BCUT2D eigenvalue weighted by molar-refractivity contribution is 5.67. The second-order valence-corrected chi connectivity index (χ2v) is 10.5. The maximum atomic E-state index is 12.4. The van der Waals surface area contributed by atoms with Crippen molar-refractivity contribution in [3.05, 3.63) is 64.7 Å². The molecule has 194 valence electrons. The fourth-order valence-corrected chi connectivity index (χ4v) is 5.08. The van der Waals surface area contributed by atoms with Crippen molar-refractivity contribution in [3.8, 4) is 0 Å². The first-order valence-electron chi connectivity index (χ1n) is 13.0. The summed E-state index contributed by atoms with van der Waals surface area (Å²) < 4.78 is 1.70. The lowest BCUT2D eigenvalue weighted by Gasteiger charge is -2.34. The summed E-state index contributed by atoms with van der Waals surface area (Å²) in [5.74, 6) is 1.08. The number of nitrogens with one attached hydrogen (secondary N) is 1. The second-order valence-electron chi connectivity index (χ2n) is 10.5. The first kappa shape index (κ1) is 23.9. The summed E-state index contributed by atoms with van der Waals surface area (Å²) in [4.78, 5) is 26.5. The van der Waals surface area contributed by atoms with E-state index in [-0.39, 0.29) is 17.6 Å². The zero-order chi connectivity index (χ0) is 25.7. The van der Waals surface area contributed by atoms with E-state index in [4.69, 9.17) is 4.98 Å². The van der Waals surface area contributed by atoms with Gasteiger partial charge < -0.3 is 24.8 Å². The van der Waals surface area contributed by atoms with Crippen LogP contribution in [0.1, 0.15) is 44.5 Å². The molecule has 1 unspecified atom stereocenters. The fourth-order valence-electron chi connectivity index (χ4n) is 5.08. The van der Waals surface area contributed by atoms with Crippen LogP contribution < -0.4 is 20.8 Å². The fraction of sp³-hybridized carbons (Fsp3) is 0.444. The van der Waals surface area contributed by atoms with E-state index in [9.17, 15) is 9.90 Å². The number of benzene rings is 1. The van der Waals surface area contributed by atoms with E-state index in [0.717, 1.165) is 50.4 Å². The molecule has 6 rings (SSSR count). The van der Waals surface area contributed by atoms with Crippen LogP contribution in [0.5, 0.6) is 0 Å². The number of aliphatic hydroxyl groups excluding tert-OH is 1. The van der Waals surface area contributed by atoms with Crippen LogP contribution in [0.3, 0.4) is 0 Å². The van der Waals surface area contributed by atoms with E-state index in [1.807, 2.05) is 42.2 Å². The Bertz CT molecular complexity index is 1330. The van der Waals surface area contributed by atoms with Crippen LogP contribution in [0.15, 0.2) is 53.6 Å². The monoisotopic (exact) mass is 502 g/mol. The molecule has 2 fully saturated rings. The van der Waals surface area contributed by atoms with E-state index >= 15 is 0 Å². The minimum absolute atomic E-state index is 0.0188. The molecule has 0 bridgehead atoms. The van der Waals surface area contributed by atoms with Crippen molar-refractivity contribution in [2.45, 2.75) is 45.0 Å². The lowest BCUT2D eigenvalue weighted by molar-refractivity contribution is 0.0104. The minimum atomic E-state index is -0.834. The molecule has 1 aliphatic carbocycles. The zero-order valence-corrected chi connectivity index (χ0v) is 21.6. The molecule has 0 radical (unpaired) electrons. The smallest absolute Gasteiger partial charge is 0.250 e. The van der Waals surface area contributed by atoms with Gasteiger partial charge in [-0.15, -0.1) is 0 Å². The third-order valence-corrected chi connectivity index (χ3v) is 7.39. The predicted molar refractivity (Wildman–Crippen MR) is 145 cm³/mol. The van der Waals surface area contributed by atoms with Crippen LogP contribution >= 0.6 is 0 Å². The molecule has 4 heterocycles. The molecule has 10 heteroatoms. The van der Waals surface area contributed by atoms with Gasteiger partial charge in [0.15, 0.2) is 12.0 Å². The Hall–Kier alpha value is -3.47. The molecule has 0 spiro atoms. The average Bonchev–Trinajstić information content (AvgIpc) is 3.69. The number of anilines is 5. The molecular weight excluding hydrogens is 468 g/mol. The van der Waals surface area contributed by atoms with E-state index in [1.165, 1.54) is 5.69 Å². The summed E-state index contributed by atoms with van der Waals surface area (Å²) in [7, 11) is 2.16. The first-order chi connectivity index (χ1) is 17.9. The molecule has 3 aliphatic rings. The largest absolute Gasteiger partial charge is 0.372 e. The Kier molecular flexibility index (Phi) is 6.10. The van der Waals surface area contributed by atoms with Crippen LogP contribution in [0.2, 0.25) is 0 Å². The van der Waals surface area contributed by atoms with Crippen molar-refractivity contribution in [2.75, 3.05) is 48.5 Å². The number of hydrazine groups is 1. The summed E-state index contributed by atoms with van der Waals surface area (Å²) in [6, 6.07) is 12.0. The zero-order valence-electron chi connectivity index (χ0n) is 21.6. The molecule has 2 aliphatic heterocycles. The molecule has 1 saturated heterocycles. The highest BCUT2D eigenvalue weighted by Gasteiger charge is 2.46. The number of pyridine rings is 1. The van der Waals surface area contributed by atoms with Gasteiger partial charge in [0.05, 0.1) is 11.3 Å². The van der Waals surface area contributed by atoms with Gasteiger partial charge in [-0.05, 0) is 64.1 Å². The van der Waals surface area contributed by atoms with Crippen LogP contribution in [-0.4, -0.2) is 68.8 Å². The Morgan fingerprint density at radius 1 is 1.00 bits per heavy atom. The summed E-state index contributed by atoms with van der Waals surface area (Å²) in [6.45, 7) is 8.15. The number of nitrogens with zero attached hydrogens (tertiary/aromatic N) is 7.